The van der Waals surface area contributed by atoms with E-state index in [0.29, 0.717) is 0 Å². The van der Waals surface area contributed by atoms with E-state index in [0.717, 1.165) is 13.0 Å². The van der Waals surface area contributed by atoms with E-state index in [4.69, 9.17) is 8.85 Å². The van der Waals surface area contributed by atoms with Gasteiger partial charge in [-0.15, -0.1) is 0 Å². The van der Waals surface area contributed by atoms with Crippen LogP contribution in [0.1, 0.15) is 60.3 Å². The highest BCUT2D eigenvalue weighted by Gasteiger charge is 2.45. The molecule has 0 saturated carbocycles. The first-order valence-electron chi connectivity index (χ1n) is 10.3. The average molecular weight is 385 g/mol. The molecule has 0 aliphatic rings. The first-order chi connectivity index (χ1) is 12.9. The maximum Gasteiger partial charge on any atom is 0.407 e. The van der Waals surface area contributed by atoms with Crippen LogP contribution < -0.4 is 10.4 Å². The van der Waals surface area contributed by atoms with Crippen molar-refractivity contribution >= 4 is 18.9 Å². The quantitative estimate of drug-likeness (QED) is 0.409. The van der Waals surface area contributed by atoms with Crippen molar-refractivity contribution in [2.45, 2.75) is 66.4 Å². The third kappa shape index (κ3) is 6.03. The summed E-state index contributed by atoms with van der Waals surface area (Å²) in [6, 6.07) is 21.1. The molecule has 1 unspecified atom stereocenters. The highest BCUT2D eigenvalue weighted by molar-refractivity contribution is 6.92. The molecule has 2 rings (SSSR count). The molecule has 0 aliphatic carbocycles. The van der Waals surface area contributed by atoms with Gasteiger partial charge < -0.3 is 8.85 Å². The molecule has 2 aromatic rings. The molecule has 0 aromatic heterocycles. The van der Waals surface area contributed by atoms with Gasteiger partial charge in [0, 0.05) is 12.7 Å². The molecular formula is C24H36O2Si. The predicted octanol–water partition coefficient (Wildman–Crippen LogP) is 5.29. The Hall–Kier alpha value is -1.42. The van der Waals surface area contributed by atoms with Gasteiger partial charge >= 0.3 is 8.56 Å². The molecule has 0 bridgehead atoms. The third-order valence-corrected chi connectivity index (χ3v) is 8.66. The summed E-state index contributed by atoms with van der Waals surface area (Å²) in [4.78, 5) is 0. The molecule has 0 heterocycles. The minimum atomic E-state index is -2.78. The Morgan fingerprint density at radius 3 is 1.78 bits per heavy atom. The minimum Gasteiger partial charge on any atom is -0.388 e. The van der Waals surface area contributed by atoms with Crippen molar-refractivity contribution in [2.75, 3.05) is 6.61 Å². The van der Waals surface area contributed by atoms with Gasteiger partial charge in [-0.1, -0.05) is 108 Å². The van der Waals surface area contributed by atoms with Crippen LogP contribution in [0.15, 0.2) is 60.7 Å². The minimum absolute atomic E-state index is 0.0490. The summed E-state index contributed by atoms with van der Waals surface area (Å²) < 4.78 is 13.6. The van der Waals surface area contributed by atoms with Crippen LogP contribution in [0.5, 0.6) is 0 Å². The second-order valence-corrected chi connectivity index (χ2v) is 11.3. The van der Waals surface area contributed by atoms with Crippen LogP contribution in [-0.2, 0) is 8.85 Å². The number of benzene rings is 2. The summed E-state index contributed by atoms with van der Waals surface area (Å²) in [7, 11) is -2.78. The van der Waals surface area contributed by atoms with Gasteiger partial charge in [0.15, 0.2) is 0 Å². The molecule has 0 fully saturated rings. The smallest absolute Gasteiger partial charge is 0.388 e. The van der Waals surface area contributed by atoms with Gasteiger partial charge in [-0.05, 0) is 29.1 Å². The molecule has 0 saturated heterocycles. The molecule has 1 atom stereocenters. The summed E-state index contributed by atoms with van der Waals surface area (Å²) >= 11 is 0. The van der Waals surface area contributed by atoms with E-state index in [1.807, 2.05) is 0 Å². The maximum atomic E-state index is 6.90. The molecule has 27 heavy (non-hydrogen) atoms. The van der Waals surface area contributed by atoms with Crippen molar-refractivity contribution < 1.29 is 8.85 Å². The molecular weight excluding hydrogens is 348 g/mol. The molecule has 3 heteroatoms. The van der Waals surface area contributed by atoms with Crippen molar-refractivity contribution in [3.05, 3.63) is 60.7 Å². The van der Waals surface area contributed by atoms with Crippen LogP contribution in [0, 0.1) is 5.41 Å². The fraction of sp³-hybridized carbons (Fsp3) is 0.500. The fourth-order valence-corrected chi connectivity index (χ4v) is 6.54. The van der Waals surface area contributed by atoms with Gasteiger partial charge in [0.25, 0.3) is 0 Å². The Balaban J connectivity index is 2.42. The second kappa shape index (κ2) is 10.2. The molecule has 0 N–H and O–H groups in total. The van der Waals surface area contributed by atoms with Gasteiger partial charge in [0.2, 0.25) is 0 Å². The zero-order valence-corrected chi connectivity index (χ0v) is 18.7. The predicted molar refractivity (Wildman–Crippen MR) is 118 cm³/mol. The molecule has 0 spiro atoms. The van der Waals surface area contributed by atoms with Crippen molar-refractivity contribution in [3.63, 3.8) is 0 Å². The summed E-state index contributed by atoms with van der Waals surface area (Å²) in [5.74, 6) is 0. The van der Waals surface area contributed by atoms with Gasteiger partial charge in [-0.2, -0.15) is 0 Å². The van der Waals surface area contributed by atoms with Crippen LogP contribution in [0.2, 0.25) is 0 Å². The number of hydrogen-bond acceptors (Lipinski definition) is 2. The SMILES string of the molecule is CCCCCCO[Si](OC(C)C(C)(C)C)(c1ccccc1)c1ccccc1. The first-order valence-corrected chi connectivity index (χ1v) is 12.1. The van der Waals surface area contributed by atoms with E-state index in [-0.39, 0.29) is 11.5 Å². The van der Waals surface area contributed by atoms with Crippen molar-refractivity contribution in [1.82, 2.24) is 0 Å². The topological polar surface area (TPSA) is 18.5 Å². The lowest BCUT2D eigenvalue weighted by atomic mass is 9.91. The molecule has 0 aliphatic heterocycles. The zero-order chi connectivity index (χ0) is 19.8. The van der Waals surface area contributed by atoms with Crippen LogP contribution in [-0.4, -0.2) is 21.3 Å². The van der Waals surface area contributed by atoms with Gasteiger partial charge in [-0.25, -0.2) is 0 Å². The van der Waals surface area contributed by atoms with E-state index in [1.54, 1.807) is 0 Å². The lowest BCUT2D eigenvalue weighted by molar-refractivity contribution is 0.0637. The van der Waals surface area contributed by atoms with Crippen LogP contribution in [0.3, 0.4) is 0 Å². The van der Waals surface area contributed by atoms with Crippen molar-refractivity contribution in [2.24, 2.45) is 5.41 Å². The molecule has 2 aromatic carbocycles. The lowest BCUT2D eigenvalue weighted by Gasteiger charge is -2.38. The Kier molecular flexibility index (Phi) is 8.27. The number of rotatable bonds is 10. The fourth-order valence-electron chi connectivity index (χ4n) is 2.99. The maximum absolute atomic E-state index is 6.90. The van der Waals surface area contributed by atoms with Crippen LogP contribution >= 0.6 is 0 Å². The second-order valence-electron chi connectivity index (χ2n) is 8.38. The summed E-state index contributed by atoms with van der Waals surface area (Å²) in [6.45, 7) is 11.8. The van der Waals surface area contributed by atoms with Gasteiger partial charge in [-0.3, -0.25) is 0 Å². The average Bonchev–Trinajstić information content (AvgIpc) is 2.67. The van der Waals surface area contributed by atoms with E-state index in [1.165, 1.54) is 29.6 Å². The molecule has 0 radical (unpaired) electrons. The van der Waals surface area contributed by atoms with Gasteiger partial charge in [0.1, 0.15) is 0 Å². The highest BCUT2D eigenvalue weighted by atomic mass is 28.4. The zero-order valence-electron chi connectivity index (χ0n) is 17.7. The summed E-state index contributed by atoms with van der Waals surface area (Å²) in [6.07, 6.45) is 4.86. The van der Waals surface area contributed by atoms with Crippen molar-refractivity contribution in [3.8, 4) is 0 Å². The van der Waals surface area contributed by atoms with Crippen LogP contribution in [0.25, 0.3) is 0 Å². The monoisotopic (exact) mass is 384 g/mol. The molecule has 148 valence electrons. The number of unbranched alkanes of at least 4 members (excludes halogenated alkanes) is 3. The van der Waals surface area contributed by atoms with E-state index in [2.05, 4.69) is 95.3 Å². The lowest BCUT2D eigenvalue weighted by Crippen LogP contribution is -2.65. The Bertz CT molecular complexity index is 610. The number of hydrogen-bond donors (Lipinski definition) is 0. The Morgan fingerprint density at radius 2 is 1.33 bits per heavy atom. The summed E-state index contributed by atoms with van der Waals surface area (Å²) in [5.41, 5.74) is 0.0490. The third-order valence-electron chi connectivity index (χ3n) is 5.17. The molecule has 2 nitrogen and oxygen atoms in total. The normalized spacial score (nSPS) is 13.5. The highest BCUT2D eigenvalue weighted by Crippen LogP contribution is 2.26. The van der Waals surface area contributed by atoms with Gasteiger partial charge in [0.05, 0.1) is 0 Å². The van der Waals surface area contributed by atoms with E-state index in [9.17, 15) is 0 Å². The summed E-state index contributed by atoms with van der Waals surface area (Å²) in [5, 5.41) is 2.37. The Morgan fingerprint density at radius 1 is 0.815 bits per heavy atom. The van der Waals surface area contributed by atoms with Crippen molar-refractivity contribution in [1.29, 1.82) is 0 Å². The standard InChI is InChI=1S/C24H36O2Si/c1-6-7-8-15-20-25-27(22-16-11-9-12-17-22,23-18-13-10-14-19-23)26-21(2)24(3,4)5/h9-14,16-19,21H,6-8,15,20H2,1-5H3. The molecule has 0 amide bonds. The van der Waals surface area contributed by atoms with Crippen LogP contribution in [0.4, 0.5) is 0 Å². The van der Waals surface area contributed by atoms with E-state index < -0.39 is 8.56 Å². The first kappa shape index (κ1) is 21.9. The largest absolute Gasteiger partial charge is 0.407 e. The Labute approximate surface area is 167 Å². The van der Waals surface area contributed by atoms with E-state index >= 15 is 0 Å².